The Kier molecular flexibility index (Phi) is 4.15. The summed E-state index contributed by atoms with van der Waals surface area (Å²) >= 11 is 0. The van der Waals surface area contributed by atoms with Gasteiger partial charge in [-0.05, 0) is 18.1 Å². The fourth-order valence-corrected chi connectivity index (χ4v) is 1.37. The predicted octanol–water partition coefficient (Wildman–Crippen LogP) is 2.62. The van der Waals surface area contributed by atoms with E-state index in [4.69, 9.17) is 5.11 Å². The molecule has 1 rings (SSSR count). The van der Waals surface area contributed by atoms with Gasteiger partial charge in [0.15, 0.2) is 0 Å². The standard InChI is InChI=1S/C11H13F3N2O2/c1-6(2)9(10(17)18)16-7-3-4-15-8(5-7)11(12,13)14/h3-6,9H,1-2H3,(H,15,16)(H,17,18)/t9-/m0/s1. The van der Waals surface area contributed by atoms with Gasteiger partial charge in [0, 0.05) is 11.9 Å². The molecule has 0 aromatic carbocycles. The summed E-state index contributed by atoms with van der Waals surface area (Å²) in [5, 5.41) is 11.5. The van der Waals surface area contributed by atoms with E-state index < -0.39 is 23.9 Å². The van der Waals surface area contributed by atoms with Crippen molar-refractivity contribution in [3.8, 4) is 0 Å². The third-order valence-corrected chi connectivity index (χ3v) is 2.31. The summed E-state index contributed by atoms with van der Waals surface area (Å²) in [6, 6.07) is 1.14. The van der Waals surface area contributed by atoms with Crippen LogP contribution in [0.25, 0.3) is 0 Å². The molecular formula is C11H13F3N2O2. The Labute approximate surface area is 102 Å². The summed E-state index contributed by atoms with van der Waals surface area (Å²) in [5.74, 6) is -1.37. The minimum atomic E-state index is -4.55. The molecule has 0 saturated carbocycles. The van der Waals surface area contributed by atoms with Gasteiger partial charge in [-0.15, -0.1) is 0 Å². The van der Waals surface area contributed by atoms with E-state index in [1.807, 2.05) is 0 Å². The van der Waals surface area contributed by atoms with Crippen molar-refractivity contribution < 1.29 is 23.1 Å². The topological polar surface area (TPSA) is 62.2 Å². The highest BCUT2D eigenvalue weighted by Gasteiger charge is 2.32. The molecular weight excluding hydrogens is 249 g/mol. The van der Waals surface area contributed by atoms with E-state index in [0.717, 1.165) is 12.3 Å². The quantitative estimate of drug-likeness (QED) is 0.875. The zero-order valence-corrected chi connectivity index (χ0v) is 9.82. The van der Waals surface area contributed by atoms with Gasteiger partial charge < -0.3 is 10.4 Å². The van der Waals surface area contributed by atoms with Crippen molar-refractivity contribution in [1.29, 1.82) is 0 Å². The highest BCUT2D eigenvalue weighted by Crippen LogP contribution is 2.29. The van der Waals surface area contributed by atoms with Gasteiger partial charge in [0.1, 0.15) is 11.7 Å². The van der Waals surface area contributed by atoms with Gasteiger partial charge in [0.2, 0.25) is 0 Å². The number of rotatable bonds is 4. The van der Waals surface area contributed by atoms with Crippen LogP contribution in [0, 0.1) is 5.92 Å². The molecule has 0 bridgehead atoms. The largest absolute Gasteiger partial charge is 0.480 e. The molecule has 0 fully saturated rings. The number of nitrogens with zero attached hydrogens (tertiary/aromatic N) is 1. The zero-order valence-electron chi connectivity index (χ0n) is 9.82. The highest BCUT2D eigenvalue weighted by molar-refractivity contribution is 5.77. The van der Waals surface area contributed by atoms with Crippen molar-refractivity contribution >= 4 is 11.7 Å². The minimum absolute atomic E-state index is 0.0819. The highest BCUT2D eigenvalue weighted by atomic mass is 19.4. The Morgan fingerprint density at radius 1 is 1.44 bits per heavy atom. The maximum Gasteiger partial charge on any atom is 0.433 e. The smallest absolute Gasteiger partial charge is 0.433 e. The third-order valence-electron chi connectivity index (χ3n) is 2.31. The third kappa shape index (κ3) is 3.61. The molecule has 1 atom stereocenters. The number of hydrogen-bond donors (Lipinski definition) is 2. The lowest BCUT2D eigenvalue weighted by Crippen LogP contribution is -2.34. The Morgan fingerprint density at radius 3 is 2.50 bits per heavy atom. The van der Waals surface area contributed by atoms with E-state index in [1.54, 1.807) is 13.8 Å². The maximum absolute atomic E-state index is 12.4. The molecule has 4 nitrogen and oxygen atoms in total. The molecule has 0 radical (unpaired) electrons. The van der Waals surface area contributed by atoms with Crippen LogP contribution in [0.4, 0.5) is 18.9 Å². The molecule has 18 heavy (non-hydrogen) atoms. The number of carboxylic acid groups (broad SMARTS) is 1. The van der Waals surface area contributed by atoms with Crippen molar-refractivity contribution in [1.82, 2.24) is 4.98 Å². The molecule has 100 valence electrons. The first-order valence-corrected chi connectivity index (χ1v) is 5.24. The molecule has 7 heteroatoms. The van der Waals surface area contributed by atoms with Crippen molar-refractivity contribution in [2.75, 3.05) is 5.32 Å². The minimum Gasteiger partial charge on any atom is -0.480 e. The van der Waals surface area contributed by atoms with Crippen LogP contribution >= 0.6 is 0 Å². The molecule has 0 unspecified atom stereocenters. The first kappa shape index (κ1) is 14.3. The van der Waals surface area contributed by atoms with Crippen LogP contribution in [0.5, 0.6) is 0 Å². The molecule has 2 N–H and O–H groups in total. The van der Waals surface area contributed by atoms with E-state index in [-0.39, 0.29) is 11.6 Å². The second kappa shape index (κ2) is 5.24. The average Bonchev–Trinajstić information content (AvgIpc) is 2.24. The van der Waals surface area contributed by atoms with Gasteiger partial charge in [-0.1, -0.05) is 13.8 Å². The lowest BCUT2D eigenvalue weighted by atomic mass is 10.0. The van der Waals surface area contributed by atoms with Crippen molar-refractivity contribution in [3.05, 3.63) is 24.0 Å². The monoisotopic (exact) mass is 262 g/mol. The summed E-state index contributed by atoms with van der Waals surface area (Å²) in [7, 11) is 0. The SMILES string of the molecule is CC(C)[C@H](Nc1ccnc(C(F)(F)F)c1)C(=O)O. The number of carbonyl (C=O) groups is 1. The summed E-state index contributed by atoms with van der Waals surface area (Å²) in [4.78, 5) is 14.1. The number of anilines is 1. The van der Waals surface area contributed by atoms with Crippen molar-refractivity contribution in [2.24, 2.45) is 5.92 Å². The van der Waals surface area contributed by atoms with Gasteiger partial charge in [-0.25, -0.2) is 4.79 Å². The Morgan fingerprint density at radius 2 is 2.06 bits per heavy atom. The molecule has 1 heterocycles. The number of hydrogen-bond acceptors (Lipinski definition) is 3. The molecule has 0 amide bonds. The van der Waals surface area contributed by atoms with Crippen molar-refractivity contribution in [2.45, 2.75) is 26.1 Å². The fraction of sp³-hybridized carbons (Fsp3) is 0.455. The lowest BCUT2D eigenvalue weighted by Gasteiger charge is -2.19. The summed E-state index contributed by atoms with van der Waals surface area (Å²) in [6.45, 7) is 3.33. The second-order valence-corrected chi connectivity index (χ2v) is 4.13. The number of halogens is 3. The molecule has 0 aliphatic carbocycles. The van der Waals surface area contributed by atoms with Crippen LogP contribution in [0.1, 0.15) is 19.5 Å². The number of aliphatic carboxylic acids is 1. The summed E-state index contributed by atoms with van der Waals surface area (Å²) in [5.41, 5.74) is -0.973. The molecule has 1 aromatic heterocycles. The zero-order chi connectivity index (χ0) is 13.9. The maximum atomic E-state index is 12.4. The normalized spacial score (nSPS) is 13.4. The van der Waals surface area contributed by atoms with E-state index in [0.29, 0.717) is 0 Å². The lowest BCUT2D eigenvalue weighted by molar-refractivity contribution is -0.141. The number of nitrogens with one attached hydrogen (secondary N) is 1. The molecule has 0 aliphatic heterocycles. The Hall–Kier alpha value is -1.79. The molecule has 0 aliphatic rings. The number of carboxylic acids is 1. The van der Waals surface area contributed by atoms with Crippen LogP contribution in [0.15, 0.2) is 18.3 Å². The van der Waals surface area contributed by atoms with Crippen LogP contribution in [-0.2, 0) is 11.0 Å². The number of aromatic nitrogens is 1. The first-order valence-electron chi connectivity index (χ1n) is 5.24. The number of alkyl halides is 3. The molecule has 1 aromatic rings. The predicted molar refractivity (Wildman–Crippen MR) is 59.1 cm³/mol. The second-order valence-electron chi connectivity index (χ2n) is 4.13. The number of pyridine rings is 1. The van der Waals surface area contributed by atoms with Crippen LogP contribution in [-0.4, -0.2) is 22.1 Å². The average molecular weight is 262 g/mol. The van der Waals surface area contributed by atoms with E-state index in [9.17, 15) is 18.0 Å². The summed E-state index contributed by atoms with van der Waals surface area (Å²) in [6.07, 6.45) is -3.56. The van der Waals surface area contributed by atoms with Crippen molar-refractivity contribution in [3.63, 3.8) is 0 Å². The van der Waals surface area contributed by atoms with Crippen LogP contribution in [0.3, 0.4) is 0 Å². The van der Waals surface area contributed by atoms with Crippen LogP contribution < -0.4 is 5.32 Å². The van der Waals surface area contributed by atoms with E-state index >= 15 is 0 Å². The van der Waals surface area contributed by atoms with Crippen LogP contribution in [0.2, 0.25) is 0 Å². The van der Waals surface area contributed by atoms with Gasteiger partial charge in [0.05, 0.1) is 0 Å². The Bertz CT molecular complexity index is 433. The fourth-order valence-electron chi connectivity index (χ4n) is 1.37. The van der Waals surface area contributed by atoms with E-state index in [2.05, 4.69) is 10.3 Å². The Balaban J connectivity index is 2.94. The van der Waals surface area contributed by atoms with E-state index in [1.165, 1.54) is 6.07 Å². The summed E-state index contributed by atoms with van der Waals surface area (Å²) < 4.78 is 37.2. The van der Waals surface area contributed by atoms with Gasteiger partial charge in [0.25, 0.3) is 0 Å². The van der Waals surface area contributed by atoms with Gasteiger partial charge in [-0.3, -0.25) is 4.98 Å². The van der Waals surface area contributed by atoms with Gasteiger partial charge >= 0.3 is 12.1 Å². The first-order chi connectivity index (χ1) is 8.21. The van der Waals surface area contributed by atoms with Gasteiger partial charge in [-0.2, -0.15) is 13.2 Å². The molecule has 0 spiro atoms. The molecule has 0 saturated heterocycles.